The fourth-order valence-electron chi connectivity index (χ4n) is 3.93. The van der Waals surface area contributed by atoms with Gasteiger partial charge in [-0.1, -0.05) is 24.3 Å². The summed E-state index contributed by atoms with van der Waals surface area (Å²) in [5.74, 6) is 0.335. The zero-order valence-corrected chi connectivity index (χ0v) is 18.6. The zero-order valence-electron chi connectivity index (χ0n) is 17.8. The summed E-state index contributed by atoms with van der Waals surface area (Å²) in [6.07, 6.45) is 0. The number of hydrogen-bond acceptors (Lipinski definition) is 4. The molecule has 3 nitrogen and oxygen atoms in total. The molecule has 4 rings (SSSR count). The quantitative estimate of drug-likeness (QED) is 0.368. The van der Waals surface area contributed by atoms with E-state index in [1.165, 1.54) is 23.5 Å². The molecule has 0 radical (unpaired) electrons. The molecule has 5 heteroatoms. The molecule has 0 aliphatic rings. The van der Waals surface area contributed by atoms with Gasteiger partial charge in [0.15, 0.2) is 0 Å². The molecule has 0 unspecified atom stereocenters. The van der Waals surface area contributed by atoms with Crippen molar-refractivity contribution < 1.29 is 13.9 Å². The van der Waals surface area contributed by atoms with Crippen molar-refractivity contribution in [3.63, 3.8) is 0 Å². The Balaban J connectivity index is 1.89. The largest absolute Gasteiger partial charge is 0.492 e. The van der Waals surface area contributed by atoms with E-state index in [0.717, 1.165) is 32.5 Å². The number of aryl methyl sites for hydroxylation is 3. The van der Waals surface area contributed by atoms with Gasteiger partial charge in [-0.15, -0.1) is 11.3 Å². The predicted molar refractivity (Wildman–Crippen MR) is 126 cm³/mol. The molecule has 0 aliphatic carbocycles. The number of thiophene rings is 1. The lowest BCUT2D eigenvalue weighted by atomic mass is 9.93. The van der Waals surface area contributed by atoms with Gasteiger partial charge in [-0.05, 0) is 73.4 Å². The van der Waals surface area contributed by atoms with E-state index in [9.17, 15) is 9.18 Å². The molecule has 31 heavy (non-hydrogen) atoms. The van der Waals surface area contributed by atoms with Crippen molar-refractivity contribution >= 4 is 27.2 Å². The maximum atomic E-state index is 13.8. The second kappa shape index (κ2) is 8.61. The lowest BCUT2D eigenvalue weighted by molar-refractivity contribution is 0.104. The number of fused-ring (bicyclic) bond motifs is 1. The van der Waals surface area contributed by atoms with Crippen LogP contribution in [0, 0.1) is 26.6 Å². The molecule has 0 atom stereocenters. The first-order chi connectivity index (χ1) is 14.9. The van der Waals surface area contributed by atoms with Crippen LogP contribution in [-0.2, 0) is 0 Å². The van der Waals surface area contributed by atoms with Crippen LogP contribution in [0.4, 0.5) is 4.39 Å². The van der Waals surface area contributed by atoms with Crippen LogP contribution < -0.4 is 10.5 Å². The molecule has 2 N–H and O–H groups in total. The minimum absolute atomic E-state index is 0.0766. The molecule has 0 fully saturated rings. The van der Waals surface area contributed by atoms with Crippen molar-refractivity contribution in [3.05, 3.63) is 87.5 Å². The Hall–Kier alpha value is -3.02. The highest BCUT2D eigenvalue weighted by atomic mass is 32.1. The van der Waals surface area contributed by atoms with E-state index in [1.807, 2.05) is 31.2 Å². The lowest BCUT2D eigenvalue weighted by Crippen LogP contribution is -2.10. The molecule has 158 valence electrons. The lowest BCUT2D eigenvalue weighted by Gasteiger charge is -2.11. The maximum absolute atomic E-state index is 13.8. The molecular weight excluding hydrogens is 409 g/mol. The molecule has 0 bridgehead atoms. The number of halogens is 1. The van der Waals surface area contributed by atoms with Crippen LogP contribution in [0.3, 0.4) is 0 Å². The molecule has 1 aromatic heterocycles. The van der Waals surface area contributed by atoms with Gasteiger partial charge in [-0.2, -0.15) is 0 Å². The first kappa shape index (κ1) is 21.2. The van der Waals surface area contributed by atoms with Gasteiger partial charge in [0.05, 0.1) is 4.88 Å². The Morgan fingerprint density at radius 1 is 1.00 bits per heavy atom. The van der Waals surface area contributed by atoms with E-state index >= 15 is 0 Å². The van der Waals surface area contributed by atoms with Gasteiger partial charge in [0.2, 0.25) is 5.78 Å². The van der Waals surface area contributed by atoms with E-state index in [4.69, 9.17) is 10.5 Å². The van der Waals surface area contributed by atoms with Crippen LogP contribution in [0.15, 0.2) is 54.6 Å². The topological polar surface area (TPSA) is 52.3 Å². The van der Waals surface area contributed by atoms with Crippen LogP contribution in [0.5, 0.6) is 5.75 Å². The summed E-state index contributed by atoms with van der Waals surface area (Å²) in [7, 11) is 0. The summed E-state index contributed by atoms with van der Waals surface area (Å²) in [4.78, 5) is 14.4. The molecule has 0 saturated carbocycles. The van der Waals surface area contributed by atoms with Gasteiger partial charge < -0.3 is 10.5 Å². The zero-order chi connectivity index (χ0) is 22.1. The molecule has 1 heterocycles. The Morgan fingerprint density at radius 3 is 2.32 bits per heavy atom. The Labute approximate surface area is 185 Å². The Bertz CT molecular complexity index is 1250. The first-order valence-corrected chi connectivity index (χ1v) is 11.0. The van der Waals surface area contributed by atoms with E-state index < -0.39 is 0 Å². The highest BCUT2D eigenvalue weighted by Crippen LogP contribution is 2.41. The number of carbonyl (C=O) groups is 1. The summed E-state index contributed by atoms with van der Waals surface area (Å²) in [5, 5.41) is 1.03. The van der Waals surface area contributed by atoms with Crippen molar-refractivity contribution in [1.29, 1.82) is 0 Å². The highest BCUT2D eigenvalue weighted by Gasteiger charge is 2.24. The molecule has 3 aromatic carbocycles. The van der Waals surface area contributed by atoms with Gasteiger partial charge in [0.1, 0.15) is 18.2 Å². The number of ether oxygens (including phenoxy) is 1. The summed E-state index contributed by atoms with van der Waals surface area (Å²) >= 11 is 1.48. The smallest absolute Gasteiger partial charge is 0.204 e. The number of nitrogens with two attached hydrogens (primary N) is 1. The number of ketones is 1. The summed E-state index contributed by atoms with van der Waals surface area (Å²) < 4.78 is 20.5. The van der Waals surface area contributed by atoms with Crippen molar-refractivity contribution in [3.8, 4) is 16.9 Å². The van der Waals surface area contributed by atoms with Crippen molar-refractivity contribution in [2.24, 2.45) is 5.73 Å². The molecule has 0 spiro atoms. The van der Waals surface area contributed by atoms with Gasteiger partial charge in [0, 0.05) is 27.8 Å². The Kier molecular flexibility index (Phi) is 5.90. The van der Waals surface area contributed by atoms with Gasteiger partial charge in [-0.25, -0.2) is 4.39 Å². The predicted octanol–water partition coefficient (Wildman–Crippen LogP) is 6.20. The van der Waals surface area contributed by atoms with Crippen molar-refractivity contribution in [2.45, 2.75) is 20.8 Å². The van der Waals surface area contributed by atoms with Crippen LogP contribution in [-0.4, -0.2) is 18.9 Å². The van der Waals surface area contributed by atoms with Crippen molar-refractivity contribution in [2.75, 3.05) is 13.2 Å². The van der Waals surface area contributed by atoms with Gasteiger partial charge in [0.25, 0.3) is 0 Å². The summed E-state index contributed by atoms with van der Waals surface area (Å²) in [6.45, 7) is 6.50. The van der Waals surface area contributed by atoms with E-state index in [1.54, 1.807) is 13.8 Å². The molecule has 0 saturated heterocycles. The van der Waals surface area contributed by atoms with E-state index in [0.29, 0.717) is 34.7 Å². The highest BCUT2D eigenvalue weighted by molar-refractivity contribution is 7.21. The average Bonchev–Trinajstić information content (AvgIpc) is 3.10. The number of benzene rings is 3. The molecule has 4 aromatic rings. The third-order valence-electron chi connectivity index (χ3n) is 5.31. The third-order valence-corrected chi connectivity index (χ3v) is 6.46. The summed E-state index contributed by atoms with van der Waals surface area (Å²) in [6, 6.07) is 16.8. The van der Waals surface area contributed by atoms with Crippen LogP contribution in [0.25, 0.3) is 21.2 Å². The molecular formula is C26H24FNO2S. The normalized spacial score (nSPS) is 11.1. The monoisotopic (exact) mass is 433 g/mol. The molecule has 0 aliphatic heterocycles. The van der Waals surface area contributed by atoms with E-state index in [-0.39, 0.29) is 11.6 Å². The maximum Gasteiger partial charge on any atom is 0.204 e. The standard InChI is InChI=1S/C26H24FNO2S/c1-15-4-9-21-22(12-15)31-26(25(29)23-16(2)13-19(27)14-17(23)3)24(21)18-5-7-20(8-6-18)30-11-10-28/h4-9,12-14H,10-11,28H2,1-3H3. The number of rotatable bonds is 6. The van der Waals surface area contributed by atoms with Gasteiger partial charge in [-0.3, -0.25) is 4.79 Å². The average molecular weight is 434 g/mol. The van der Waals surface area contributed by atoms with Crippen LogP contribution in [0.1, 0.15) is 31.9 Å². The Morgan fingerprint density at radius 2 is 1.68 bits per heavy atom. The minimum atomic E-state index is -0.327. The first-order valence-electron chi connectivity index (χ1n) is 10.2. The second-order valence-electron chi connectivity index (χ2n) is 7.71. The third kappa shape index (κ3) is 4.11. The second-order valence-corrected chi connectivity index (χ2v) is 8.76. The SMILES string of the molecule is Cc1ccc2c(-c3ccc(OCCN)cc3)c(C(=O)c3c(C)cc(F)cc3C)sc2c1. The van der Waals surface area contributed by atoms with Crippen LogP contribution >= 0.6 is 11.3 Å². The van der Waals surface area contributed by atoms with Gasteiger partial charge >= 0.3 is 0 Å². The molecule has 0 amide bonds. The fraction of sp³-hybridized carbons (Fsp3) is 0.192. The number of carbonyl (C=O) groups excluding carboxylic acids is 1. The van der Waals surface area contributed by atoms with E-state index in [2.05, 4.69) is 18.2 Å². The summed E-state index contributed by atoms with van der Waals surface area (Å²) in [5.41, 5.74) is 10.4. The fourth-order valence-corrected chi connectivity index (χ4v) is 5.20. The number of hydrogen-bond donors (Lipinski definition) is 1. The van der Waals surface area contributed by atoms with Crippen LogP contribution in [0.2, 0.25) is 0 Å². The van der Waals surface area contributed by atoms with Crippen molar-refractivity contribution in [1.82, 2.24) is 0 Å². The minimum Gasteiger partial charge on any atom is -0.492 e.